The van der Waals surface area contributed by atoms with Crippen molar-refractivity contribution in [3.05, 3.63) is 0 Å². The Morgan fingerprint density at radius 3 is 2.32 bits per heavy atom. The van der Waals surface area contributed by atoms with Gasteiger partial charge in [0.25, 0.3) is 0 Å². The molecule has 2 atom stereocenters. The van der Waals surface area contributed by atoms with E-state index in [1.165, 1.54) is 12.8 Å². The Kier molecular flexibility index (Phi) is 4.83. The standard InChI is InChI=1S/C15H25NO3/c1-2-4-11-7-9-16(10-8-11)14(17)12-5-3-6-13(12)15(18)19/h11-13H,2-10H2,1H3,(H,18,19)/t12-,13+/m1/s1. The molecule has 2 rings (SSSR count). The molecule has 0 spiro atoms. The first-order chi connectivity index (χ1) is 9.13. The zero-order valence-electron chi connectivity index (χ0n) is 11.8. The first-order valence-corrected chi connectivity index (χ1v) is 7.65. The van der Waals surface area contributed by atoms with E-state index in [0.29, 0.717) is 6.42 Å². The van der Waals surface area contributed by atoms with E-state index >= 15 is 0 Å². The number of likely N-dealkylation sites (tertiary alicyclic amines) is 1. The van der Waals surface area contributed by atoms with Crippen LogP contribution in [0.3, 0.4) is 0 Å². The third-order valence-corrected chi connectivity index (χ3v) is 4.77. The number of amides is 1. The first kappa shape index (κ1) is 14.4. The van der Waals surface area contributed by atoms with Gasteiger partial charge in [-0.2, -0.15) is 0 Å². The largest absolute Gasteiger partial charge is 0.481 e. The summed E-state index contributed by atoms with van der Waals surface area (Å²) in [6.45, 7) is 3.85. The van der Waals surface area contributed by atoms with Crippen LogP contribution in [0, 0.1) is 17.8 Å². The van der Waals surface area contributed by atoms with E-state index in [1.54, 1.807) is 0 Å². The van der Waals surface area contributed by atoms with Crippen molar-refractivity contribution in [2.45, 2.75) is 51.9 Å². The smallest absolute Gasteiger partial charge is 0.307 e. The summed E-state index contributed by atoms with van der Waals surface area (Å²) in [5.74, 6) is -0.648. The number of carboxylic acid groups (broad SMARTS) is 1. The molecule has 4 heteroatoms. The van der Waals surface area contributed by atoms with Crippen LogP contribution in [0.2, 0.25) is 0 Å². The van der Waals surface area contributed by atoms with Crippen molar-refractivity contribution in [1.82, 2.24) is 4.90 Å². The monoisotopic (exact) mass is 267 g/mol. The molecule has 108 valence electrons. The zero-order valence-corrected chi connectivity index (χ0v) is 11.8. The van der Waals surface area contributed by atoms with Crippen LogP contribution >= 0.6 is 0 Å². The number of aliphatic carboxylic acids is 1. The molecule has 1 aliphatic heterocycles. The van der Waals surface area contributed by atoms with Crippen molar-refractivity contribution >= 4 is 11.9 Å². The fraction of sp³-hybridized carbons (Fsp3) is 0.867. The summed E-state index contributed by atoms with van der Waals surface area (Å²) in [6.07, 6.45) is 6.93. The number of carboxylic acids is 1. The van der Waals surface area contributed by atoms with Crippen molar-refractivity contribution in [3.8, 4) is 0 Å². The van der Waals surface area contributed by atoms with Gasteiger partial charge in [-0.15, -0.1) is 0 Å². The summed E-state index contributed by atoms with van der Waals surface area (Å²) in [5, 5.41) is 9.17. The molecule has 1 N–H and O–H groups in total. The summed E-state index contributed by atoms with van der Waals surface area (Å²) in [5.41, 5.74) is 0. The Morgan fingerprint density at radius 2 is 1.74 bits per heavy atom. The normalized spacial score (nSPS) is 28.6. The quantitative estimate of drug-likeness (QED) is 0.851. The van der Waals surface area contributed by atoms with Gasteiger partial charge in [0.1, 0.15) is 0 Å². The van der Waals surface area contributed by atoms with Gasteiger partial charge in [0.15, 0.2) is 0 Å². The predicted octanol–water partition coefficient (Wildman–Crippen LogP) is 2.53. The Morgan fingerprint density at radius 1 is 1.11 bits per heavy atom. The molecule has 4 nitrogen and oxygen atoms in total. The molecule has 2 aliphatic rings. The highest BCUT2D eigenvalue weighted by Crippen LogP contribution is 2.34. The molecule has 1 saturated heterocycles. The average molecular weight is 267 g/mol. The first-order valence-electron chi connectivity index (χ1n) is 7.65. The van der Waals surface area contributed by atoms with Crippen molar-refractivity contribution in [3.63, 3.8) is 0 Å². The molecule has 1 aliphatic carbocycles. The molecule has 1 saturated carbocycles. The number of piperidine rings is 1. The zero-order chi connectivity index (χ0) is 13.8. The third-order valence-electron chi connectivity index (χ3n) is 4.77. The van der Waals surface area contributed by atoms with Gasteiger partial charge in [0.2, 0.25) is 5.91 Å². The van der Waals surface area contributed by atoms with E-state index < -0.39 is 11.9 Å². The van der Waals surface area contributed by atoms with E-state index in [-0.39, 0.29) is 11.8 Å². The molecule has 0 radical (unpaired) electrons. The summed E-state index contributed by atoms with van der Waals surface area (Å²) in [4.78, 5) is 25.5. The second-order valence-corrected chi connectivity index (χ2v) is 6.04. The second kappa shape index (κ2) is 6.40. The third kappa shape index (κ3) is 3.28. The van der Waals surface area contributed by atoms with Crippen LogP contribution in [-0.2, 0) is 9.59 Å². The minimum atomic E-state index is -0.795. The lowest BCUT2D eigenvalue weighted by molar-refractivity contribution is -0.149. The Hall–Kier alpha value is -1.06. The van der Waals surface area contributed by atoms with Gasteiger partial charge in [-0.1, -0.05) is 26.2 Å². The Bertz CT molecular complexity index is 334. The molecule has 0 aromatic rings. The van der Waals surface area contributed by atoms with Gasteiger partial charge >= 0.3 is 5.97 Å². The molecule has 0 aromatic carbocycles. The van der Waals surface area contributed by atoms with Crippen LogP contribution in [0.15, 0.2) is 0 Å². The maximum absolute atomic E-state index is 12.4. The molecule has 1 amide bonds. The summed E-state index contributed by atoms with van der Waals surface area (Å²) in [6, 6.07) is 0. The van der Waals surface area contributed by atoms with Gasteiger partial charge in [-0.25, -0.2) is 0 Å². The van der Waals surface area contributed by atoms with Crippen molar-refractivity contribution in [1.29, 1.82) is 0 Å². The second-order valence-electron chi connectivity index (χ2n) is 6.04. The molecule has 0 aromatic heterocycles. The highest BCUT2D eigenvalue weighted by Gasteiger charge is 2.40. The van der Waals surface area contributed by atoms with Crippen molar-refractivity contribution in [2.75, 3.05) is 13.1 Å². The molecular weight excluding hydrogens is 242 g/mol. The number of hydrogen-bond donors (Lipinski definition) is 1. The van der Waals surface area contributed by atoms with E-state index in [0.717, 1.165) is 44.7 Å². The van der Waals surface area contributed by atoms with E-state index in [9.17, 15) is 14.7 Å². The fourth-order valence-corrected chi connectivity index (χ4v) is 3.64. The van der Waals surface area contributed by atoms with Gasteiger partial charge < -0.3 is 10.0 Å². The van der Waals surface area contributed by atoms with Gasteiger partial charge in [0, 0.05) is 13.1 Å². The lowest BCUT2D eigenvalue weighted by Crippen LogP contribution is -2.43. The van der Waals surface area contributed by atoms with Crippen LogP contribution in [0.1, 0.15) is 51.9 Å². The number of hydrogen-bond acceptors (Lipinski definition) is 2. The molecule has 19 heavy (non-hydrogen) atoms. The van der Waals surface area contributed by atoms with E-state index in [4.69, 9.17) is 0 Å². The van der Waals surface area contributed by atoms with Crippen LogP contribution in [0.25, 0.3) is 0 Å². The van der Waals surface area contributed by atoms with Gasteiger partial charge in [-0.05, 0) is 31.6 Å². The van der Waals surface area contributed by atoms with Crippen LogP contribution in [0.4, 0.5) is 0 Å². The topological polar surface area (TPSA) is 57.6 Å². The maximum Gasteiger partial charge on any atom is 0.307 e. The fourth-order valence-electron chi connectivity index (χ4n) is 3.64. The highest BCUT2D eigenvalue weighted by molar-refractivity contribution is 5.85. The van der Waals surface area contributed by atoms with Crippen LogP contribution in [-0.4, -0.2) is 35.0 Å². The molecule has 1 heterocycles. The van der Waals surface area contributed by atoms with Crippen LogP contribution < -0.4 is 0 Å². The van der Waals surface area contributed by atoms with Crippen molar-refractivity contribution in [2.24, 2.45) is 17.8 Å². The predicted molar refractivity (Wildman–Crippen MR) is 72.7 cm³/mol. The van der Waals surface area contributed by atoms with Gasteiger partial charge in [-0.3, -0.25) is 9.59 Å². The minimum absolute atomic E-state index is 0.0971. The van der Waals surface area contributed by atoms with E-state index in [2.05, 4.69) is 6.92 Å². The molecular formula is C15H25NO3. The Labute approximate surface area is 115 Å². The number of carbonyl (C=O) groups is 2. The number of rotatable bonds is 4. The van der Waals surface area contributed by atoms with Crippen LogP contribution in [0.5, 0.6) is 0 Å². The summed E-state index contributed by atoms with van der Waals surface area (Å²) in [7, 11) is 0. The van der Waals surface area contributed by atoms with Crippen molar-refractivity contribution < 1.29 is 14.7 Å². The lowest BCUT2D eigenvalue weighted by Gasteiger charge is -2.34. The minimum Gasteiger partial charge on any atom is -0.481 e. The summed E-state index contributed by atoms with van der Waals surface area (Å²) >= 11 is 0. The molecule has 0 bridgehead atoms. The SMILES string of the molecule is CCCC1CCN(C(=O)[C@@H]2CCC[C@@H]2C(=O)O)CC1. The van der Waals surface area contributed by atoms with Gasteiger partial charge in [0.05, 0.1) is 11.8 Å². The number of carbonyl (C=O) groups excluding carboxylic acids is 1. The summed E-state index contributed by atoms with van der Waals surface area (Å²) < 4.78 is 0. The average Bonchev–Trinajstić information content (AvgIpc) is 2.88. The molecule has 2 fully saturated rings. The lowest BCUT2D eigenvalue weighted by atomic mass is 9.90. The highest BCUT2D eigenvalue weighted by atomic mass is 16.4. The molecule has 0 unspecified atom stereocenters. The van der Waals surface area contributed by atoms with E-state index in [1.807, 2.05) is 4.90 Å². The Balaban J connectivity index is 1.89. The number of nitrogens with zero attached hydrogens (tertiary/aromatic N) is 1. The maximum atomic E-state index is 12.4.